The number of nitrogens with one attached hydrogen (secondary N) is 1. The number of nitrogens with zero attached hydrogens (tertiary/aromatic N) is 1. The molecule has 2 rings (SSSR count). The second-order valence-electron chi connectivity index (χ2n) is 5.17. The molecule has 19 heavy (non-hydrogen) atoms. The average molecular weight is 270 g/mol. The average Bonchev–Trinajstić information content (AvgIpc) is 2.37. The summed E-state index contributed by atoms with van der Waals surface area (Å²) in [5.41, 5.74) is 0.141. The Morgan fingerprint density at radius 2 is 2.05 bits per heavy atom. The Bertz CT molecular complexity index is 420. The van der Waals surface area contributed by atoms with E-state index in [2.05, 4.69) is 17.3 Å². The van der Waals surface area contributed by atoms with E-state index < -0.39 is 17.7 Å². The van der Waals surface area contributed by atoms with E-state index >= 15 is 0 Å². The third-order valence-electron chi connectivity index (χ3n) is 3.64. The predicted molar refractivity (Wildman–Crippen MR) is 69.8 cm³/mol. The fourth-order valence-electron chi connectivity index (χ4n) is 2.37. The number of aliphatic hydroxyl groups excluding tert-OH is 1. The number of halogens is 2. The molecule has 106 valence electrons. The van der Waals surface area contributed by atoms with E-state index in [0.717, 1.165) is 38.1 Å². The Kier molecular flexibility index (Phi) is 4.85. The molecule has 1 unspecified atom stereocenters. The fraction of sp³-hybridized carbons (Fsp3) is 0.571. The minimum absolute atomic E-state index is 0.141. The Labute approximate surface area is 112 Å². The van der Waals surface area contributed by atoms with Crippen molar-refractivity contribution in [1.29, 1.82) is 0 Å². The number of hydrogen-bond donors (Lipinski definition) is 2. The van der Waals surface area contributed by atoms with Gasteiger partial charge in [0, 0.05) is 24.2 Å². The van der Waals surface area contributed by atoms with Crippen LogP contribution in [-0.2, 0) is 0 Å². The van der Waals surface area contributed by atoms with Crippen LogP contribution in [0.4, 0.5) is 8.78 Å². The molecule has 0 bridgehead atoms. The van der Waals surface area contributed by atoms with Gasteiger partial charge in [-0.15, -0.1) is 0 Å². The highest BCUT2D eigenvalue weighted by atomic mass is 19.1. The zero-order valence-corrected chi connectivity index (χ0v) is 11.1. The van der Waals surface area contributed by atoms with Crippen molar-refractivity contribution in [3.8, 4) is 0 Å². The van der Waals surface area contributed by atoms with Crippen molar-refractivity contribution in [2.75, 3.05) is 26.7 Å². The van der Waals surface area contributed by atoms with E-state index in [1.807, 2.05) is 0 Å². The normalized spacial score (nSPS) is 19.6. The zero-order chi connectivity index (χ0) is 13.8. The number of benzene rings is 1. The molecule has 1 aliphatic heterocycles. The van der Waals surface area contributed by atoms with Crippen molar-refractivity contribution in [3.63, 3.8) is 0 Å². The van der Waals surface area contributed by atoms with Crippen LogP contribution in [0.5, 0.6) is 0 Å². The summed E-state index contributed by atoms with van der Waals surface area (Å²) in [6, 6.07) is 3.62. The monoisotopic (exact) mass is 270 g/mol. The minimum Gasteiger partial charge on any atom is -0.387 e. The summed E-state index contributed by atoms with van der Waals surface area (Å²) in [6.07, 6.45) is 1.10. The molecule has 0 amide bonds. The predicted octanol–water partition coefficient (Wildman–Crippen LogP) is 1.68. The lowest BCUT2D eigenvalue weighted by Gasteiger charge is -2.30. The zero-order valence-electron chi connectivity index (χ0n) is 11.1. The van der Waals surface area contributed by atoms with Gasteiger partial charge in [-0.2, -0.15) is 0 Å². The van der Waals surface area contributed by atoms with Gasteiger partial charge in [0.15, 0.2) is 0 Å². The Morgan fingerprint density at radius 3 is 2.68 bits per heavy atom. The number of likely N-dealkylation sites (tertiary alicyclic amines) is 1. The van der Waals surface area contributed by atoms with Crippen LogP contribution in [0.25, 0.3) is 0 Å². The van der Waals surface area contributed by atoms with Gasteiger partial charge in [-0.05, 0) is 39.0 Å². The number of piperidine rings is 1. The highest BCUT2D eigenvalue weighted by Gasteiger charge is 2.19. The van der Waals surface area contributed by atoms with E-state index in [-0.39, 0.29) is 12.1 Å². The molecule has 0 radical (unpaired) electrons. The van der Waals surface area contributed by atoms with Gasteiger partial charge in [0.25, 0.3) is 0 Å². The molecule has 1 aromatic carbocycles. The molecule has 1 fully saturated rings. The first-order valence-corrected chi connectivity index (χ1v) is 6.61. The van der Waals surface area contributed by atoms with Crippen molar-refractivity contribution in [3.05, 3.63) is 35.4 Å². The summed E-state index contributed by atoms with van der Waals surface area (Å²) >= 11 is 0. The smallest absolute Gasteiger partial charge is 0.131 e. The molecular formula is C14H20F2N2O. The summed E-state index contributed by atoms with van der Waals surface area (Å²) < 4.78 is 26.3. The second-order valence-corrected chi connectivity index (χ2v) is 5.17. The van der Waals surface area contributed by atoms with Crippen molar-refractivity contribution in [2.24, 2.45) is 0 Å². The summed E-state index contributed by atoms with van der Waals surface area (Å²) in [5.74, 6) is -1.32. The molecule has 0 spiro atoms. The highest BCUT2D eigenvalue weighted by Crippen LogP contribution is 2.18. The maximum atomic E-state index is 13.5. The first-order valence-electron chi connectivity index (χ1n) is 6.61. The van der Waals surface area contributed by atoms with E-state index in [4.69, 9.17) is 0 Å². The van der Waals surface area contributed by atoms with Crippen LogP contribution >= 0.6 is 0 Å². The van der Waals surface area contributed by atoms with Gasteiger partial charge >= 0.3 is 0 Å². The highest BCUT2D eigenvalue weighted by molar-refractivity contribution is 5.21. The first-order chi connectivity index (χ1) is 9.06. The quantitative estimate of drug-likeness (QED) is 0.874. The van der Waals surface area contributed by atoms with Gasteiger partial charge in [0.1, 0.15) is 11.6 Å². The molecule has 2 N–H and O–H groups in total. The third-order valence-corrected chi connectivity index (χ3v) is 3.64. The van der Waals surface area contributed by atoms with Crippen molar-refractivity contribution in [1.82, 2.24) is 10.2 Å². The Morgan fingerprint density at radius 1 is 1.37 bits per heavy atom. The SMILES string of the molecule is CN1CCC(NCC(O)c2ccc(F)cc2F)CC1. The lowest BCUT2D eigenvalue weighted by Crippen LogP contribution is -2.42. The molecule has 3 nitrogen and oxygen atoms in total. The first kappa shape index (κ1) is 14.4. The number of hydrogen-bond acceptors (Lipinski definition) is 3. The van der Waals surface area contributed by atoms with Crippen LogP contribution in [-0.4, -0.2) is 42.7 Å². The molecule has 1 aromatic rings. The topological polar surface area (TPSA) is 35.5 Å². The number of aliphatic hydroxyl groups is 1. The van der Waals surface area contributed by atoms with E-state index in [1.54, 1.807) is 0 Å². The molecule has 1 atom stereocenters. The summed E-state index contributed by atoms with van der Waals surface area (Å²) in [5, 5.41) is 13.2. The molecule has 1 aliphatic rings. The Hall–Kier alpha value is -1.04. The van der Waals surface area contributed by atoms with Crippen LogP contribution in [0.15, 0.2) is 18.2 Å². The maximum Gasteiger partial charge on any atom is 0.131 e. The van der Waals surface area contributed by atoms with Gasteiger partial charge in [-0.1, -0.05) is 6.07 Å². The van der Waals surface area contributed by atoms with Crippen LogP contribution in [0.3, 0.4) is 0 Å². The molecule has 5 heteroatoms. The van der Waals surface area contributed by atoms with Crippen LogP contribution in [0, 0.1) is 11.6 Å². The van der Waals surface area contributed by atoms with Crippen molar-refractivity contribution in [2.45, 2.75) is 25.0 Å². The summed E-state index contributed by atoms with van der Waals surface area (Å²) in [7, 11) is 2.08. The van der Waals surface area contributed by atoms with Crippen molar-refractivity contribution < 1.29 is 13.9 Å². The molecule has 0 aromatic heterocycles. The van der Waals surface area contributed by atoms with E-state index in [0.29, 0.717) is 6.04 Å². The largest absolute Gasteiger partial charge is 0.387 e. The second kappa shape index (κ2) is 6.41. The van der Waals surface area contributed by atoms with Gasteiger partial charge in [0.2, 0.25) is 0 Å². The van der Waals surface area contributed by atoms with E-state index in [1.165, 1.54) is 6.07 Å². The lowest BCUT2D eigenvalue weighted by atomic mass is 10.0. The van der Waals surface area contributed by atoms with Gasteiger partial charge in [0.05, 0.1) is 6.10 Å². The molecule has 1 heterocycles. The van der Waals surface area contributed by atoms with Crippen LogP contribution < -0.4 is 5.32 Å². The van der Waals surface area contributed by atoms with Gasteiger partial charge < -0.3 is 15.3 Å². The number of rotatable bonds is 4. The molecule has 0 aliphatic carbocycles. The summed E-state index contributed by atoms with van der Waals surface area (Å²) in [4.78, 5) is 2.26. The fourth-order valence-corrected chi connectivity index (χ4v) is 2.37. The molecule has 1 saturated heterocycles. The van der Waals surface area contributed by atoms with Crippen LogP contribution in [0.1, 0.15) is 24.5 Å². The maximum absolute atomic E-state index is 13.5. The van der Waals surface area contributed by atoms with Gasteiger partial charge in [-0.25, -0.2) is 8.78 Å². The van der Waals surface area contributed by atoms with E-state index in [9.17, 15) is 13.9 Å². The molecular weight excluding hydrogens is 250 g/mol. The Balaban J connectivity index is 1.85. The minimum atomic E-state index is -0.944. The summed E-state index contributed by atoms with van der Waals surface area (Å²) in [6.45, 7) is 2.34. The molecule has 0 saturated carbocycles. The third kappa shape index (κ3) is 3.96. The standard InChI is InChI=1S/C14H20F2N2O/c1-18-6-4-11(5-7-18)17-9-14(19)12-3-2-10(15)8-13(12)16/h2-3,8,11,14,17,19H,4-7,9H2,1H3. The lowest BCUT2D eigenvalue weighted by molar-refractivity contribution is 0.154. The van der Waals surface area contributed by atoms with Crippen LogP contribution in [0.2, 0.25) is 0 Å². The van der Waals surface area contributed by atoms with Crippen molar-refractivity contribution >= 4 is 0 Å². The van der Waals surface area contributed by atoms with Gasteiger partial charge in [-0.3, -0.25) is 0 Å².